The van der Waals surface area contributed by atoms with E-state index in [1.54, 1.807) is 24.3 Å². The zero-order valence-corrected chi connectivity index (χ0v) is 15.9. The highest BCUT2D eigenvalue weighted by molar-refractivity contribution is 7.92. The van der Waals surface area contributed by atoms with Crippen molar-refractivity contribution in [2.45, 2.75) is 51.0 Å². The number of hydrogen-bond donors (Lipinski definition) is 3. The lowest BCUT2D eigenvalue weighted by Gasteiger charge is -2.10. The van der Waals surface area contributed by atoms with Gasteiger partial charge in [-0.15, -0.1) is 11.6 Å². The standard InChI is InChI=1S/C17H27ClN2O4S/c18-11-5-3-1-2-4-6-12-25(23,24)20-15-9-7-14(8-10-15)13-16(19)17(21)22/h7-10,16,20H,1-6,11-13,19H2,(H,21,22). The number of unbranched alkanes of at least 4 members (excludes halogenated alkanes) is 5. The molecule has 0 aromatic heterocycles. The Hall–Kier alpha value is -1.31. The van der Waals surface area contributed by atoms with Gasteiger partial charge in [-0.25, -0.2) is 8.42 Å². The summed E-state index contributed by atoms with van der Waals surface area (Å²) in [5, 5.41) is 8.79. The molecule has 0 bridgehead atoms. The van der Waals surface area contributed by atoms with E-state index < -0.39 is 22.0 Å². The molecular weight excluding hydrogens is 364 g/mol. The quantitative estimate of drug-likeness (QED) is 0.354. The predicted octanol–water partition coefficient (Wildman–Crippen LogP) is 2.96. The minimum absolute atomic E-state index is 0.0914. The van der Waals surface area contributed by atoms with Crippen molar-refractivity contribution < 1.29 is 18.3 Å². The summed E-state index contributed by atoms with van der Waals surface area (Å²) in [7, 11) is -3.37. The lowest BCUT2D eigenvalue weighted by Crippen LogP contribution is -2.32. The molecule has 1 rings (SSSR count). The van der Waals surface area contributed by atoms with Crippen LogP contribution >= 0.6 is 11.6 Å². The highest BCUT2D eigenvalue weighted by atomic mass is 35.5. The van der Waals surface area contributed by atoms with Crippen molar-refractivity contribution >= 4 is 33.3 Å². The number of alkyl halides is 1. The first-order chi connectivity index (χ1) is 11.8. The topological polar surface area (TPSA) is 109 Å². The summed E-state index contributed by atoms with van der Waals surface area (Å²) in [6.45, 7) is 0. The molecule has 1 aromatic rings. The van der Waals surface area contributed by atoms with Crippen LogP contribution in [-0.4, -0.2) is 37.2 Å². The maximum absolute atomic E-state index is 12.1. The molecule has 142 valence electrons. The van der Waals surface area contributed by atoms with Gasteiger partial charge in [-0.1, -0.05) is 37.8 Å². The Labute approximate surface area is 154 Å². The lowest BCUT2D eigenvalue weighted by molar-refractivity contribution is -0.138. The van der Waals surface area contributed by atoms with Crippen molar-refractivity contribution in [2.24, 2.45) is 5.73 Å². The molecule has 0 fully saturated rings. The van der Waals surface area contributed by atoms with Gasteiger partial charge in [0, 0.05) is 11.6 Å². The molecule has 1 unspecified atom stereocenters. The second-order valence-electron chi connectivity index (χ2n) is 6.08. The largest absolute Gasteiger partial charge is 0.480 e. The normalized spacial score (nSPS) is 12.7. The molecule has 1 aromatic carbocycles. The number of hydrogen-bond acceptors (Lipinski definition) is 4. The summed E-state index contributed by atoms with van der Waals surface area (Å²) in [5.41, 5.74) is 6.69. The number of benzene rings is 1. The molecule has 0 saturated heterocycles. The fourth-order valence-corrected chi connectivity index (χ4v) is 3.74. The lowest BCUT2D eigenvalue weighted by atomic mass is 10.1. The van der Waals surface area contributed by atoms with Gasteiger partial charge in [0.25, 0.3) is 0 Å². The van der Waals surface area contributed by atoms with Crippen LogP contribution < -0.4 is 10.5 Å². The van der Waals surface area contributed by atoms with E-state index in [-0.39, 0.29) is 12.2 Å². The van der Waals surface area contributed by atoms with E-state index in [2.05, 4.69) is 4.72 Å². The molecule has 1 atom stereocenters. The summed E-state index contributed by atoms with van der Waals surface area (Å²) in [6.07, 6.45) is 5.91. The Bertz CT molecular complexity index is 620. The number of carboxylic acids is 1. The first-order valence-corrected chi connectivity index (χ1v) is 10.7. The van der Waals surface area contributed by atoms with E-state index in [0.717, 1.165) is 37.7 Å². The van der Waals surface area contributed by atoms with Crippen molar-refractivity contribution in [3.63, 3.8) is 0 Å². The Kier molecular flexibility index (Phi) is 9.85. The number of sulfonamides is 1. The number of anilines is 1. The van der Waals surface area contributed by atoms with Gasteiger partial charge in [0.2, 0.25) is 10.0 Å². The first kappa shape index (κ1) is 21.7. The van der Waals surface area contributed by atoms with Crippen molar-refractivity contribution in [2.75, 3.05) is 16.4 Å². The van der Waals surface area contributed by atoms with Crippen LogP contribution in [0, 0.1) is 0 Å². The smallest absolute Gasteiger partial charge is 0.320 e. The van der Waals surface area contributed by atoms with Crippen LogP contribution in [0.15, 0.2) is 24.3 Å². The zero-order chi connectivity index (χ0) is 18.7. The highest BCUT2D eigenvalue weighted by Crippen LogP contribution is 2.14. The average Bonchev–Trinajstić information content (AvgIpc) is 2.55. The van der Waals surface area contributed by atoms with Crippen molar-refractivity contribution in [1.82, 2.24) is 0 Å². The van der Waals surface area contributed by atoms with Crippen LogP contribution in [0.2, 0.25) is 0 Å². The molecule has 8 heteroatoms. The number of halogens is 1. The third-order valence-electron chi connectivity index (χ3n) is 3.80. The number of nitrogens with two attached hydrogens (primary N) is 1. The van der Waals surface area contributed by atoms with Crippen LogP contribution in [0.3, 0.4) is 0 Å². The molecule has 0 aliphatic heterocycles. The van der Waals surface area contributed by atoms with Gasteiger partial charge in [-0.2, -0.15) is 0 Å². The highest BCUT2D eigenvalue weighted by Gasteiger charge is 2.13. The molecule has 25 heavy (non-hydrogen) atoms. The number of aliphatic carboxylic acids is 1. The third kappa shape index (κ3) is 9.67. The summed E-state index contributed by atoms with van der Waals surface area (Å²) in [4.78, 5) is 10.7. The van der Waals surface area contributed by atoms with Crippen LogP contribution in [0.4, 0.5) is 5.69 Å². The van der Waals surface area contributed by atoms with Gasteiger partial charge in [-0.05, 0) is 37.0 Å². The monoisotopic (exact) mass is 390 g/mol. The van der Waals surface area contributed by atoms with Gasteiger partial charge in [0.05, 0.1) is 5.75 Å². The summed E-state index contributed by atoms with van der Waals surface area (Å²) >= 11 is 5.61. The van der Waals surface area contributed by atoms with Crippen molar-refractivity contribution in [3.8, 4) is 0 Å². The number of carbonyl (C=O) groups is 1. The molecule has 0 aliphatic carbocycles. The van der Waals surface area contributed by atoms with Gasteiger partial charge in [0.1, 0.15) is 6.04 Å². The molecular formula is C17H27ClN2O4S. The average molecular weight is 391 g/mol. The Morgan fingerprint density at radius 3 is 2.20 bits per heavy atom. The maximum Gasteiger partial charge on any atom is 0.320 e. The van der Waals surface area contributed by atoms with Crippen molar-refractivity contribution in [1.29, 1.82) is 0 Å². The van der Waals surface area contributed by atoms with Crippen LogP contribution in [0.5, 0.6) is 0 Å². The molecule has 0 spiro atoms. The fraction of sp³-hybridized carbons (Fsp3) is 0.588. The molecule has 0 heterocycles. The summed E-state index contributed by atoms with van der Waals surface area (Å²) in [5.74, 6) is -0.291. The Balaban J connectivity index is 2.37. The minimum Gasteiger partial charge on any atom is -0.480 e. The summed E-state index contributed by atoms with van der Waals surface area (Å²) < 4.78 is 26.7. The fourth-order valence-electron chi connectivity index (χ4n) is 2.37. The number of rotatable bonds is 13. The van der Waals surface area contributed by atoms with Gasteiger partial charge in [-0.3, -0.25) is 9.52 Å². The molecule has 6 nitrogen and oxygen atoms in total. The van der Waals surface area contributed by atoms with Crippen LogP contribution in [-0.2, 0) is 21.2 Å². The van der Waals surface area contributed by atoms with Crippen LogP contribution in [0.1, 0.15) is 44.1 Å². The van der Waals surface area contributed by atoms with Gasteiger partial charge >= 0.3 is 5.97 Å². The Morgan fingerprint density at radius 2 is 1.64 bits per heavy atom. The van der Waals surface area contributed by atoms with E-state index in [9.17, 15) is 13.2 Å². The van der Waals surface area contributed by atoms with E-state index in [0.29, 0.717) is 18.0 Å². The van der Waals surface area contributed by atoms with Gasteiger partial charge in [0.15, 0.2) is 0 Å². The minimum atomic E-state index is -3.37. The van der Waals surface area contributed by atoms with Crippen LogP contribution in [0.25, 0.3) is 0 Å². The summed E-state index contributed by atoms with van der Waals surface area (Å²) in [6, 6.07) is 5.63. The zero-order valence-electron chi connectivity index (χ0n) is 14.3. The van der Waals surface area contributed by atoms with Crippen molar-refractivity contribution in [3.05, 3.63) is 29.8 Å². The van der Waals surface area contributed by atoms with E-state index in [1.807, 2.05) is 0 Å². The SMILES string of the molecule is NC(Cc1ccc(NS(=O)(=O)CCCCCCCCCl)cc1)C(=O)O. The van der Waals surface area contributed by atoms with E-state index in [4.69, 9.17) is 22.4 Å². The first-order valence-electron chi connectivity index (χ1n) is 8.48. The van der Waals surface area contributed by atoms with Gasteiger partial charge < -0.3 is 10.8 Å². The Morgan fingerprint density at radius 1 is 1.08 bits per heavy atom. The molecule has 0 radical (unpaired) electrons. The molecule has 0 aliphatic rings. The second kappa shape index (κ2) is 11.3. The molecule has 0 amide bonds. The number of carboxylic acid groups (broad SMARTS) is 1. The van der Waals surface area contributed by atoms with E-state index in [1.165, 1.54) is 0 Å². The number of nitrogens with one attached hydrogen (secondary N) is 1. The molecule has 0 saturated carbocycles. The third-order valence-corrected chi connectivity index (χ3v) is 5.44. The maximum atomic E-state index is 12.1. The predicted molar refractivity (Wildman–Crippen MR) is 102 cm³/mol. The second-order valence-corrected chi connectivity index (χ2v) is 8.30. The van der Waals surface area contributed by atoms with E-state index >= 15 is 0 Å². The molecule has 4 N–H and O–H groups in total.